The van der Waals surface area contributed by atoms with E-state index < -0.39 is 23.4 Å². The van der Waals surface area contributed by atoms with Gasteiger partial charge < -0.3 is 10.1 Å². The van der Waals surface area contributed by atoms with Crippen LogP contribution in [0, 0.1) is 5.92 Å². The van der Waals surface area contributed by atoms with E-state index in [-0.39, 0.29) is 23.9 Å². The summed E-state index contributed by atoms with van der Waals surface area (Å²) in [5.41, 5.74) is -0.475. The average Bonchev–Trinajstić information content (AvgIpc) is 2.87. The van der Waals surface area contributed by atoms with Gasteiger partial charge in [-0.15, -0.1) is 0 Å². The molecule has 1 heterocycles. The van der Waals surface area contributed by atoms with Gasteiger partial charge in [-0.25, -0.2) is 9.59 Å². The lowest BCUT2D eigenvalue weighted by molar-refractivity contribution is -0.125. The molecule has 0 radical (unpaired) electrons. The second kappa shape index (κ2) is 7.04. The predicted octanol–water partition coefficient (Wildman–Crippen LogP) is 2.21. The topological polar surface area (TPSA) is 88.1 Å². The second-order valence-corrected chi connectivity index (χ2v) is 6.20. The summed E-state index contributed by atoms with van der Waals surface area (Å²) in [5.74, 6) is -0.958. The number of rotatable bonds is 4. The molecule has 3 amide bonds. The number of hydrogen-bond acceptors (Lipinski definition) is 4. The van der Waals surface area contributed by atoms with Gasteiger partial charge in [-0.05, 0) is 25.8 Å². The molecular weight excluding hydrogens is 322 g/mol. The Morgan fingerprint density at radius 1 is 1.32 bits per heavy atom. The molecular formula is C18H23N3O4. The summed E-state index contributed by atoms with van der Waals surface area (Å²) in [4.78, 5) is 42.9. The third kappa shape index (κ3) is 3.01. The summed E-state index contributed by atoms with van der Waals surface area (Å²) in [7, 11) is 1.49. The number of amides is 3. The van der Waals surface area contributed by atoms with Gasteiger partial charge in [-0.1, -0.05) is 32.0 Å². The molecule has 0 saturated carbocycles. The summed E-state index contributed by atoms with van der Waals surface area (Å²) in [6.07, 6.45) is 0. The fourth-order valence-corrected chi connectivity index (χ4v) is 2.74. The van der Waals surface area contributed by atoms with Gasteiger partial charge in [0.2, 0.25) is 0 Å². The highest BCUT2D eigenvalue weighted by Crippen LogP contribution is 2.34. The zero-order valence-electron chi connectivity index (χ0n) is 15.1. The van der Waals surface area contributed by atoms with E-state index in [9.17, 15) is 14.4 Å². The fraction of sp³-hybridized carbons (Fsp3) is 0.444. The Kier molecular flexibility index (Phi) is 5.25. The predicted molar refractivity (Wildman–Crippen MR) is 93.5 cm³/mol. The van der Waals surface area contributed by atoms with Gasteiger partial charge in [0, 0.05) is 12.6 Å². The van der Waals surface area contributed by atoms with Gasteiger partial charge in [-0.2, -0.15) is 4.99 Å². The number of nitrogens with one attached hydrogen (secondary N) is 1. The molecule has 1 aliphatic rings. The zero-order chi connectivity index (χ0) is 18.8. The maximum atomic E-state index is 12.6. The number of carbonyl (C=O) groups is 3. The number of esters is 1. The van der Waals surface area contributed by atoms with Crippen molar-refractivity contribution in [2.45, 2.75) is 33.2 Å². The first-order valence-electron chi connectivity index (χ1n) is 8.20. The minimum atomic E-state index is -1.13. The highest BCUT2D eigenvalue weighted by Gasteiger charge is 2.52. The van der Waals surface area contributed by atoms with Crippen molar-refractivity contribution in [2.75, 3.05) is 13.7 Å². The van der Waals surface area contributed by atoms with Crippen molar-refractivity contribution in [3.05, 3.63) is 35.4 Å². The van der Waals surface area contributed by atoms with Crippen molar-refractivity contribution in [3.8, 4) is 0 Å². The van der Waals surface area contributed by atoms with Gasteiger partial charge in [0.05, 0.1) is 12.2 Å². The summed E-state index contributed by atoms with van der Waals surface area (Å²) >= 11 is 0. The molecule has 1 atom stereocenters. The molecule has 1 aromatic rings. The largest absolute Gasteiger partial charge is 0.462 e. The van der Waals surface area contributed by atoms with Crippen LogP contribution in [0.2, 0.25) is 0 Å². The molecule has 134 valence electrons. The number of nitrogens with zero attached hydrogens (tertiary/aromatic N) is 2. The molecule has 0 aliphatic carbocycles. The number of amidine groups is 1. The molecule has 0 spiro atoms. The summed E-state index contributed by atoms with van der Waals surface area (Å²) in [6, 6.07) is 6.20. The minimum absolute atomic E-state index is 0.157. The van der Waals surface area contributed by atoms with Crippen molar-refractivity contribution in [3.63, 3.8) is 0 Å². The summed E-state index contributed by atoms with van der Waals surface area (Å²) in [5, 5.41) is 2.55. The lowest BCUT2D eigenvalue weighted by Crippen LogP contribution is -2.58. The molecule has 0 saturated heterocycles. The quantitative estimate of drug-likeness (QED) is 0.848. The third-order valence-corrected chi connectivity index (χ3v) is 4.52. The first-order valence-corrected chi connectivity index (χ1v) is 8.20. The number of benzene rings is 1. The van der Waals surface area contributed by atoms with E-state index in [0.717, 1.165) is 0 Å². The fourth-order valence-electron chi connectivity index (χ4n) is 2.74. The molecule has 25 heavy (non-hydrogen) atoms. The van der Waals surface area contributed by atoms with Crippen LogP contribution in [0.5, 0.6) is 0 Å². The maximum absolute atomic E-state index is 12.6. The third-order valence-electron chi connectivity index (χ3n) is 4.52. The van der Waals surface area contributed by atoms with Crippen LogP contribution in [-0.2, 0) is 9.53 Å². The van der Waals surface area contributed by atoms with Gasteiger partial charge in [-0.3, -0.25) is 9.69 Å². The number of aliphatic imine (C=N–C) groups is 1. The van der Waals surface area contributed by atoms with Gasteiger partial charge in [0.25, 0.3) is 5.91 Å². The molecule has 0 bridgehead atoms. The van der Waals surface area contributed by atoms with Crippen LogP contribution in [0.4, 0.5) is 4.79 Å². The van der Waals surface area contributed by atoms with Crippen molar-refractivity contribution >= 4 is 23.7 Å². The van der Waals surface area contributed by atoms with Crippen LogP contribution in [0.15, 0.2) is 29.3 Å². The van der Waals surface area contributed by atoms with E-state index in [1.54, 1.807) is 38.1 Å². The Morgan fingerprint density at radius 2 is 1.96 bits per heavy atom. The smallest absolute Gasteiger partial charge is 0.338 e. The monoisotopic (exact) mass is 345 g/mol. The molecule has 1 aromatic carbocycles. The van der Waals surface area contributed by atoms with Gasteiger partial charge >= 0.3 is 12.0 Å². The number of urea groups is 1. The normalized spacial score (nSPS) is 19.8. The number of ether oxygens (including phenoxy) is 1. The van der Waals surface area contributed by atoms with E-state index in [4.69, 9.17) is 4.74 Å². The van der Waals surface area contributed by atoms with Crippen molar-refractivity contribution in [2.24, 2.45) is 10.9 Å². The highest BCUT2D eigenvalue weighted by molar-refractivity contribution is 6.22. The maximum Gasteiger partial charge on any atom is 0.338 e. The summed E-state index contributed by atoms with van der Waals surface area (Å²) in [6.45, 7) is 7.32. The molecule has 1 aliphatic heterocycles. The Bertz CT molecular complexity index is 742. The van der Waals surface area contributed by atoms with Crippen LogP contribution in [-0.4, -0.2) is 47.8 Å². The Hall–Kier alpha value is -2.70. The van der Waals surface area contributed by atoms with E-state index >= 15 is 0 Å². The van der Waals surface area contributed by atoms with Gasteiger partial charge in [0.1, 0.15) is 11.4 Å². The van der Waals surface area contributed by atoms with E-state index in [0.29, 0.717) is 5.56 Å². The van der Waals surface area contributed by atoms with Crippen LogP contribution < -0.4 is 5.32 Å². The Morgan fingerprint density at radius 3 is 2.52 bits per heavy atom. The first-order chi connectivity index (χ1) is 11.8. The van der Waals surface area contributed by atoms with Crippen LogP contribution in [0.3, 0.4) is 0 Å². The lowest BCUT2D eigenvalue weighted by Gasteiger charge is -2.36. The molecule has 0 aromatic heterocycles. The highest BCUT2D eigenvalue weighted by atomic mass is 16.5. The molecule has 7 heteroatoms. The molecule has 1 N–H and O–H groups in total. The second-order valence-electron chi connectivity index (χ2n) is 6.20. The SMILES string of the molecule is CCOC(=O)c1ccccc1C1=NC(=O)C(C)(C(C)C)N1C(=O)NC. The van der Waals surface area contributed by atoms with Crippen LogP contribution in [0.1, 0.15) is 43.6 Å². The number of carbonyl (C=O) groups excluding carboxylic acids is 3. The first kappa shape index (κ1) is 18.6. The van der Waals surface area contributed by atoms with E-state index in [1.807, 2.05) is 13.8 Å². The van der Waals surface area contributed by atoms with Crippen molar-refractivity contribution < 1.29 is 19.1 Å². The standard InChI is InChI=1S/C18H23N3O4/c1-6-25-15(22)13-10-8-7-9-12(13)14-20-16(23)18(4,11(2)3)21(14)17(24)19-5/h7-11H,6H2,1-5H3,(H,19,24). The molecule has 7 nitrogen and oxygen atoms in total. The van der Waals surface area contributed by atoms with Gasteiger partial charge in [0.15, 0.2) is 0 Å². The van der Waals surface area contributed by atoms with E-state index in [2.05, 4.69) is 10.3 Å². The van der Waals surface area contributed by atoms with Crippen molar-refractivity contribution in [1.82, 2.24) is 10.2 Å². The van der Waals surface area contributed by atoms with Crippen LogP contribution >= 0.6 is 0 Å². The number of hydrogen-bond donors (Lipinski definition) is 1. The Balaban J connectivity index is 2.62. The summed E-state index contributed by atoms with van der Waals surface area (Å²) < 4.78 is 5.08. The minimum Gasteiger partial charge on any atom is -0.462 e. The average molecular weight is 345 g/mol. The van der Waals surface area contributed by atoms with Crippen LogP contribution in [0.25, 0.3) is 0 Å². The van der Waals surface area contributed by atoms with E-state index in [1.165, 1.54) is 11.9 Å². The molecule has 0 fully saturated rings. The Labute approximate surface area is 147 Å². The lowest BCUT2D eigenvalue weighted by atomic mass is 9.86. The zero-order valence-corrected chi connectivity index (χ0v) is 15.1. The van der Waals surface area contributed by atoms with Crippen molar-refractivity contribution in [1.29, 1.82) is 0 Å². The molecule has 1 unspecified atom stereocenters. The molecule has 2 rings (SSSR count).